The summed E-state index contributed by atoms with van der Waals surface area (Å²) in [7, 11) is 0. The molecule has 2 rings (SSSR count). The Hall–Kier alpha value is -1.40. The molecule has 0 aromatic heterocycles. The zero-order chi connectivity index (χ0) is 14.5. The van der Waals surface area contributed by atoms with Crippen LogP contribution >= 0.6 is 23.4 Å². The first-order chi connectivity index (χ1) is 9.58. The lowest BCUT2D eigenvalue weighted by Crippen LogP contribution is -2.48. The average Bonchev–Trinajstić information content (AvgIpc) is 2.45. The molecule has 0 unspecified atom stereocenters. The first-order valence-electron chi connectivity index (χ1n) is 6.19. The van der Waals surface area contributed by atoms with Crippen LogP contribution in [0.4, 0.5) is 10.5 Å². The third-order valence-electron chi connectivity index (χ3n) is 2.93. The summed E-state index contributed by atoms with van der Waals surface area (Å²) in [6.45, 7) is 0.906. The van der Waals surface area contributed by atoms with Gasteiger partial charge in [0.05, 0.1) is 0 Å². The molecule has 0 spiro atoms. The van der Waals surface area contributed by atoms with E-state index in [0.29, 0.717) is 23.8 Å². The molecule has 1 aliphatic heterocycles. The van der Waals surface area contributed by atoms with E-state index in [0.717, 1.165) is 11.5 Å². The predicted octanol–water partition coefficient (Wildman–Crippen LogP) is 2.40. The minimum absolute atomic E-state index is 0.282. The Kier molecular flexibility index (Phi) is 5.14. The monoisotopic (exact) mass is 314 g/mol. The normalized spacial score (nSPS) is 14.9. The van der Waals surface area contributed by atoms with Crippen LogP contribution in [-0.4, -0.2) is 53.1 Å². The minimum Gasteiger partial charge on any atom is -0.480 e. The number of thioether (sulfide) groups is 1. The van der Waals surface area contributed by atoms with Crippen LogP contribution in [0, 0.1) is 0 Å². The molecule has 20 heavy (non-hydrogen) atoms. The molecule has 108 valence electrons. The lowest BCUT2D eigenvalue weighted by molar-refractivity contribution is -0.135. The van der Waals surface area contributed by atoms with Gasteiger partial charge >= 0.3 is 12.0 Å². The number of anilines is 1. The number of urea groups is 1. The summed E-state index contributed by atoms with van der Waals surface area (Å²) in [5.41, 5.74) is 0.503. The number of amides is 2. The van der Waals surface area contributed by atoms with Crippen LogP contribution in [0.1, 0.15) is 0 Å². The molecule has 0 bridgehead atoms. The first-order valence-corrected chi connectivity index (χ1v) is 7.73. The predicted molar refractivity (Wildman–Crippen MR) is 80.7 cm³/mol. The topological polar surface area (TPSA) is 60.9 Å². The SMILES string of the molecule is O=C(O)CN(C(=O)N1CCSCC1)c1cccc(Cl)c1. The lowest BCUT2D eigenvalue weighted by Gasteiger charge is -2.32. The Labute approximate surface area is 126 Å². The van der Waals surface area contributed by atoms with Gasteiger partial charge in [-0.2, -0.15) is 11.8 Å². The zero-order valence-corrected chi connectivity index (χ0v) is 12.4. The molecule has 1 fully saturated rings. The molecule has 1 N–H and O–H groups in total. The van der Waals surface area contributed by atoms with Crippen molar-refractivity contribution >= 4 is 41.1 Å². The van der Waals surface area contributed by atoms with Gasteiger partial charge < -0.3 is 10.0 Å². The molecular formula is C13H15ClN2O3S. The molecule has 0 aliphatic carbocycles. The van der Waals surface area contributed by atoms with Crippen molar-refractivity contribution in [2.45, 2.75) is 0 Å². The smallest absolute Gasteiger partial charge is 0.325 e. The molecular weight excluding hydrogens is 300 g/mol. The second kappa shape index (κ2) is 6.85. The highest BCUT2D eigenvalue weighted by Crippen LogP contribution is 2.21. The summed E-state index contributed by atoms with van der Waals surface area (Å²) >= 11 is 7.70. The Morgan fingerprint density at radius 2 is 2.05 bits per heavy atom. The average molecular weight is 315 g/mol. The van der Waals surface area contributed by atoms with E-state index in [4.69, 9.17) is 16.7 Å². The zero-order valence-electron chi connectivity index (χ0n) is 10.8. The largest absolute Gasteiger partial charge is 0.480 e. The number of hydrogen-bond donors (Lipinski definition) is 1. The fourth-order valence-corrected chi connectivity index (χ4v) is 3.06. The fourth-order valence-electron chi connectivity index (χ4n) is 1.97. The van der Waals surface area contributed by atoms with E-state index in [2.05, 4.69) is 0 Å². The molecule has 1 saturated heterocycles. The molecule has 2 amide bonds. The summed E-state index contributed by atoms with van der Waals surface area (Å²) in [6, 6.07) is 6.39. The van der Waals surface area contributed by atoms with Crippen molar-refractivity contribution in [3.05, 3.63) is 29.3 Å². The maximum Gasteiger partial charge on any atom is 0.325 e. The number of carbonyl (C=O) groups is 2. The van der Waals surface area contributed by atoms with E-state index in [1.165, 1.54) is 4.90 Å². The molecule has 0 radical (unpaired) electrons. The number of halogens is 1. The van der Waals surface area contributed by atoms with E-state index in [-0.39, 0.29) is 12.6 Å². The third-order valence-corrected chi connectivity index (χ3v) is 4.10. The molecule has 5 nitrogen and oxygen atoms in total. The molecule has 1 heterocycles. The second-order valence-corrected chi connectivity index (χ2v) is 6.00. The third kappa shape index (κ3) is 3.80. The van der Waals surface area contributed by atoms with E-state index in [1.54, 1.807) is 40.9 Å². The Bertz CT molecular complexity index is 506. The van der Waals surface area contributed by atoms with Gasteiger partial charge in [0.25, 0.3) is 0 Å². The van der Waals surface area contributed by atoms with Gasteiger partial charge in [-0.15, -0.1) is 0 Å². The van der Waals surface area contributed by atoms with E-state index >= 15 is 0 Å². The first kappa shape index (κ1) is 15.0. The van der Waals surface area contributed by atoms with Crippen molar-refractivity contribution in [2.75, 3.05) is 36.0 Å². The molecule has 0 saturated carbocycles. The molecule has 1 aliphatic rings. The van der Waals surface area contributed by atoms with Crippen molar-refractivity contribution in [2.24, 2.45) is 0 Å². The molecule has 0 atom stereocenters. The number of carboxylic acid groups (broad SMARTS) is 1. The van der Waals surface area contributed by atoms with Gasteiger partial charge in [0, 0.05) is 35.3 Å². The summed E-state index contributed by atoms with van der Waals surface area (Å²) in [6.07, 6.45) is 0. The lowest BCUT2D eigenvalue weighted by atomic mass is 10.3. The fraction of sp³-hybridized carbons (Fsp3) is 0.385. The van der Waals surface area contributed by atoms with Gasteiger partial charge in [0.15, 0.2) is 0 Å². The van der Waals surface area contributed by atoms with Gasteiger partial charge in [-0.1, -0.05) is 17.7 Å². The minimum atomic E-state index is -1.05. The van der Waals surface area contributed by atoms with Gasteiger partial charge in [-0.3, -0.25) is 9.69 Å². The highest BCUT2D eigenvalue weighted by Gasteiger charge is 2.25. The van der Waals surface area contributed by atoms with Gasteiger partial charge in [-0.05, 0) is 18.2 Å². The van der Waals surface area contributed by atoms with Crippen molar-refractivity contribution in [1.29, 1.82) is 0 Å². The summed E-state index contributed by atoms with van der Waals surface area (Å²) in [4.78, 5) is 26.4. The highest BCUT2D eigenvalue weighted by atomic mass is 35.5. The van der Waals surface area contributed by atoms with Crippen molar-refractivity contribution < 1.29 is 14.7 Å². The molecule has 1 aromatic rings. The molecule has 1 aromatic carbocycles. The number of aliphatic carboxylic acids is 1. The number of carbonyl (C=O) groups excluding carboxylic acids is 1. The standard InChI is InChI=1S/C13H15ClN2O3S/c14-10-2-1-3-11(8-10)16(9-12(17)18)13(19)15-4-6-20-7-5-15/h1-3,8H,4-7,9H2,(H,17,18). The Morgan fingerprint density at radius 1 is 1.35 bits per heavy atom. The summed E-state index contributed by atoms with van der Waals surface area (Å²) < 4.78 is 0. The Morgan fingerprint density at radius 3 is 2.65 bits per heavy atom. The second-order valence-electron chi connectivity index (χ2n) is 4.34. The van der Waals surface area contributed by atoms with Gasteiger partial charge in [0.2, 0.25) is 0 Å². The van der Waals surface area contributed by atoms with Crippen LogP contribution in [0.5, 0.6) is 0 Å². The van der Waals surface area contributed by atoms with Crippen molar-refractivity contribution in [3.63, 3.8) is 0 Å². The summed E-state index contributed by atoms with van der Waals surface area (Å²) in [5.74, 6) is 0.703. The van der Waals surface area contributed by atoms with Crippen LogP contribution < -0.4 is 4.90 Å². The van der Waals surface area contributed by atoms with Crippen molar-refractivity contribution in [3.8, 4) is 0 Å². The van der Waals surface area contributed by atoms with Crippen LogP contribution in [0.3, 0.4) is 0 Å². The number of benzene rings is 1. The summed E-state index contributed by atoms with van der Waals surface area (Å²) in [5, 5.41) is 9.48. The van der Waals surface area contributed by atoms with Crippen LogP contribution in [0.2, 0.25) is 5.02 Å². The van der Waals surface area contributed by atoms with E-state index < -0.39 is 5.97 Å². The number of nitrogens with zero attached hydrogens (tertiary/aromatic N) is 2. The Balaban J connectivity index is 2.22. The maximum atomic E-state index is 12.5. The van der Waals surface area contributed by atoms with Crippen LogP contribution in [-0.2, 0) is 4.79 Å². The number of hydrogen-bond acceptors (Lipinski definition) is 3. The van der Waals surface area contributed by atoms with Gasteiger partial charge in [0.1, 0.15) is 6.54 Å². The van der Waals surface area contributed by atoms with Crippen molar-refractivity contribution in [1.82, 2.24) is 4.90 Å². The van der Waals surface area contributed by atoms with E-state index in [1.807, 2.05) is 0 Å². The maximum absolute atomic E-state index is 12.5. The highest BCUT2D eigenvalue weighted by molar-refractivity contribution is 7.99. The quantitative estimate of drug-likeness (QED) is 0.930. The van der Waals surface area contributed by atoms with E-state index in [9.17, 15) is 9.59 Å². The van der Waals surface area contributed by atoms with Crippen LogP contribution in [0.25, 0.3) is 0 Å². The number of rotatable bonds is 3. The van der Waals surface area contributed by atoms with Gasteiger partial charge in [-0.25, -0.2) is 4.79 Å². The van der Waals surface area contributed by atoms with Crippen LogP contribution in [0.15, 0.2) is 24.3 Å². The number of carboxylic acids is 1. The molecule has 7 heteroatoms.